The lowest BCUT2D eigenvalue weighted by Crippen LogP contribution is -2.63. The van der Waals surface area contributed by atoms with Crippen molar-refractivity contribution in [1.82, 2.24) is 9.80 Å². The number of aryl methyl sites for hydroxylation is 1. The zero-order valence-corrected chi connectivity index (χ0v) is 13.4. The fraction of sp³-hybridized carbons (Fsp3) is 0.632. The number of nitrogens with zero attached hydrogens (tertiary/aromatic N) is 2. The van der Waals surface area contributed by atoms with E-state index in [0.29, 0.717) is 5.92 Å². The molecule has 23 heavy (non-hydrogen) atoms. The lowest BCUT2D eigenvalue weighted by atomic mass is 9.74. The number of aliphatic hydroxyl groups excluding tert-OH is 1. The molecule has 1 aromatic carbocycles. The summed E-state index contributed by atoms with van der Waals surface area (Å²) in [5.41, 5.74) is 3.28. The summed E-state index contributed by atoms with van der Waals surface area (Å²) in [7, 11) is 0. The molecule has 1 aliphatic carbocycles. The fourth-order valence-corrected chi connectivity index (χ4v) is 5.46. The minimum absolute atomic E-state index is 0.0613. The standard InChI is InChI=1S/C19H24N2O2/c22-18-14-5-1-3-13-4-2-6-15(17(13)14)19(23)21(18)16-11-20-9-7-12(16)8-10-20/h1,3,5,12,15-16,19,23H,2,4,6-11H2/t15?,16-,19?/m1/s1. The van der Waals surface area contributed by atoms with E-state index in [9.17, 15) is 9.90 Å². The number of fused-ring (bicyclic) bond motifs is 3. The van der Waals surface area contributed by atoms with Crippen LogP contribution in [0.15, 0.2) is 18.2 Å². The van der Waals surface area contributed by atoms with Crippen LogP contribution in [-0.4, -0.2) is 52.7 Å². The van der Waals surface area contributed by atoms with Crippen LogP contribution < -0.4 is 0 Å². The highest BCUT2D eigenvalue weighted by molar-refractivity contribution is 5.98. The Balaban J connectivity index is 1.58. The average Bonchev–Trinajstić information content (AvgIpc) is 2.61. The highest BCUT2D eigenvalue weighted by Crippen LogP contribution is 2.44. The van der Waals surface area contributed by atoms with Crippen LogP contribution in [0.25, 0.3) is 0 Å². The molecule has 3 atom stereocenters. The number of piperidine rings is 3. The van der Waals surface area contributed by atoms with Crippen LogP contribution in [0.3, 0.4) is 0 Å². The van der Waals surface area contributed by atoms with Gasteiger partial charge >= 0.3 is 0 Å². The molecule has 3 fully saturated rings. The maximum Gasteiger partial charge on any atom is 0.256 e. The Morgan fingerprint density at radius 2 is 1.96 bits per heavy atom. The molecule has 4 nitrogen and oxygen atoms in total. The molecule has 2 bridgehead atoms. The molecule has 4 heteroatoms. The molecule has 1 amide bonds. The van der Waals surface area contributed by atoms with Crippen LogP contribution in [-0.2, 0) is 6.42 Å². The van der Waals surface area contributed by atoms with Gasteiger partial charge in [0.25, 0.3) is 5.91 Å². The molecule has 0 spiro atoms. The first-order valence-corrected chi connectivity index (χ1v) is 9.09. The van der Waals surface area contributed by atoms with Crippen molar-refractivity contribution in [1.29, 1.82) is 0 Å². The van der Waals surface area contributed by atoms with Crippen LogP contribution in [0.2, 0.25) is 0 Å². The third kappa shape index (κ3) is 1.94. The van der Waals surface area contributed by atoms with Gasteiger partial charge in [0, 0.05) is 18.0 Å². The van der Waals surface area contributed by atoms with E-state index in [4.69, 9.17) is 0 Å². The van der Waals surface area contributed by atoms with Gasteiger partial charge in [-0.05, 0) is 68.3 Å². The third-order valence-corrected chi connectivity index (χ3v) is 6.62. The summed E-state index contributed by atoms with van der Waals surface area (Å²) in [6.07, 6.45) is 4.84. The molecule has 4 heterocycles. The molecule has 1 aromatic rings. The van der Waals surface area contributed by atoms with E-state index in [-0.39, 0.29) is 17.9 Å². The monoisotopic (exact) mass is 312 g/mol. The van der Waals surface area contributed by atoms with E-state index >= 15 is 0 Å². The predicted molar refractivity (Wildman–Crippen MR) is 87.2 cm³/mol. The minimum atomic E-state index is -0.637. The van der Waals surface area contributed by atoms with Gasteiger partial charge in [-0.25, -0.2) is 0 Å². The summed E-state index contributed by atoms with van der Waals surface area (Å²) in [4.78, 5) is 17.5. The summed E-state index contributed by atoms with van der Waals surface area (Å²) in [5, 5.41) is 11.1. The molecule has 0 radical (unpaired) electrons. The van der Waals surface area contributed by atoms with Gasteiger partial charge in [-0.3, -0.25) is 4.79 Å². The van der Waals surface area contributed by atoms with Gasteiger partial charge in [-0.2, -0.15) is 0 Å². The van der Waals surface area contributed by atoms with Crippen LogP contribution in [0, 0.1) is 5.92 Å². The molecule has 0 saturated carbocycles. The Labute approximate surface area is 137 Å². The maximum absolute atomic E-state index is 13.2. The van der Waals surface area contributed by atoms with E-state index in [1.807, 2.05) is 17.0 Å². The molecule has 5 aliphatic rings. The summed E-state index contributed by atoms with van der Waals surface area (Å²) in [6, 6.07) is 6.31. The van der Waals surface area contributed by atoms with Crippen LogP contribution >= 0.6 is 0 Å². The van der Waals surface area contributed by atoms with Crippen molar-refractivity contribution < 1.29 is 9.90 Å². The van der Waals surface area contributed by atoms with Crippen molar-refractivity contribution in [2.45, 2.75) is 50.3 Å². The molecular weight excluding hydrogens is 288 g/mol. The maximum atomic E-state index is 13.2. The Bertz CT molecular complexity index is 651. The first-order valence-electron chi connectivity index (χ1n) is 9.09. The highest BCUT2D eigenvalue weighted by Gasteiger charge is 2.48. The molecule has 122 valence electrons. The van der Waals surface area contributed by atoms with E-state index in [2.05, 4.69) is 11.0 Å². The molecule has 6 rings (SSSR count). The Morgan fingerprint density at radius 1 is 1.13 bits per heavy atom. The summed E-state index contributed by atoms with van der Waals surface area (Å²) >= 11 is 0. The molecular formula is C19H24N2O2. The molecule has 1 N–H and O–H groups in total. The SMILES string of the molecule is O=C1c2cccc3c2C(CCC3)C(O)N1[C@@H]1CN2CCC1CC2. The smallest absolute Gasteiger partial charge is 0.256 e. The zero-order chi connectivity index (χ0) is 15.6. The van der Waals surface area contributed by atoms with Gasteiger partial charge in [0.1, 0.15) is 6.23 Å². The van der Waals surface area contributed by atoms with E-state index < -0.39 is 6.23 Å². The van der Waals surface area contributed by atoms with Crippen molar-refractivity contribution in [2.24, 2.45) is 5.92 Å². The van der Waals surface area contributed by atoms with Crippen LogP contribution in [0.1, 0.15) is 53.1 Å². The van der Waals surface area contributed by atoms with Crippen molar-refractivity contribution >= 4 is 5.91 Å². The van der Waals surface area contributed by atoms with Gasteiger partial charge in [0.05, 0.1) is 6.04 Å². The van der Waals surface area contributed by atoms with Gasteiger partial charge in [-0.1, -0.05) is 12.1 Å². The van der Waals surface area contributed by atoms with Crippen molar-refractivity contribution in [2.75, 3.05) is 19.6 Å². The lowest BCUT2D eigenvalue weighted by Gasteiger charge is -2.53. The average molecular weight is 312 g/mol. The highest BCUT2D eigenvalue weighted by atomic mass is 16.3. The van der Waals surface area contributed by atoms with Crippen LogP contribution in [0.4, 0.5) is 0 Å². The second kappa shape index (κ2) is 5.05. The summed E-state index contributed by atoms with van der Waals surface area (Å²) in [5.74, 6) is 0.737. The van der Waals surface area contributed by atoms with Gasteiger partial charge in [0.15, 0.2) is 0 Å². The van der Waals surface area contributed by atoms with E-state index in [1.165, 1.54) is 18.4 Å². The number of hydrogen-bond donors (Lipinski definition) is 1. The largest absolute Gasteiger partial charge is 0.373 e. The number of aliphatic hydroxyl groups is 1. The topological polar surface area (TPSA) is 43.8 Å². The van der Waals surface area contributed by atoms with Crippen molar-refractivity contribution in [3.63, 3.8) is 0 Å². The number of rotatable bonds is 1. The van der Waals surface area contributed by atoms with Gasteiger partial charge in [-0.15, -0.1) is 0 Å². The normalized spacial score (nSPS) is 38.6. The second-order valence-corrected chi connectivity index (χ2v) is 7.71. The number of hydrogen-bond acceptors (Lipinski definition) is 3. The van der Waals surface area contributed by atoms with Gasteiger partial charge < -0.3 is 14.9 Å². The third-order valence-electron chi connectivity index (χ3n) is 6.62. The van der Waals surface area contributed by atoms with Crippen molar-refractivity contribution in [3.8, 4) is 0 Å². The Hall–Kier alpha value is -1.39. The number of benzene rings is 1. The first-order chi connectivity index (χ1) is 11.2. The molecule has 3 saturated heterocycles. The zero-order valence-electron chi connectivity index (χ0n) is 13.4. The van der Waals surface area contributed by atoms with E-state index in [0.717, 1.165) is 50.0 Å². The lowest BCUT2D eigenvalue weighted by molar-refractivity contribution is -0.0781. The Kier molecular flexibility index (Phi) is 3.07. The van der Waals surface area contributed by atoms with Crippen molar-refractivity contribution in [3.05, 3.63) is 34.9 Å². The second-order valence-electron chi connectivity index (χ2n) is 7.71. The molecule has 4 aliphatic heterocycles. The molecule has 0 aromatic heterocycles. The number of amides is 1. The molecule has 2 unspecified atom stereocenters. The minimum Gasteiger partial charge on any atom is -0.373 e. The van der Waals surface area contributed by atoms with Gasteiger partial charge in [0.2, 0.25) is 0 Å². The summed E-state index contributed by atoms with van der Waals surface area (Å²) in [6.45, 7) is 3.25. The Morgan fingerprint density at radius 3 is 2.70 bits per heavy atom. The summed E-state index contributed by atoms with van der Waals surface area (Å²) < 4.78 is 0. The van der Waals surface area contributed by atoms with E-state index in [1.54, 1.807) is 0 Å². The number of carbonyl (C=O) groups excluding carboxylic acids is 1. The van der Waals surface area contributed by atoms with Crippen LogP contribution in [0.5, 0.6) is 0 Å². The quantitative estimate of drug-likeness (QED) is 0.862. The fourth-order valence-electron chi connectivity index (χ4n) is 5.46. The predicted octanol–water partition coefficient (Wildman–Crippen LogP) is 1.97. The number of carbonyl (C=O) groups is 1. The first kappa shape index (κ1) is 14.0.